The van der Waals surface area contributed by atoms with Crippen LogP contribution in [0, 0.1) is 0 Å². The van der Waals surface area contributed by atoms with E-state index >= 15 is 0 Å². The Bertz CT molecular complexity index is 507. The molecule has 1 aliphatic heterocycles. The zero-order valence-corrected chi connectivity index (χ0v) is 9.94. The third-order valence-corrected chi connectivity index (χ3v) is 3.52. The molecule has 0 saturated carbocycles. The molecule has 2 heterocycles. The number of thiophene rings is 1. The number of hydrogen-bond acceptors (Lipinski definition) is 4. The fraction of sp³-hybridized carbons (Fsp3) is 0.231. The summed E-state index contributed by atoms with van der Waals surface area (Å²) in [5.74, 6) is 1.46. The fourth-order valence-corrected chi connectivity index (χ4v) is 2.55. The number of ether oxygens (including phenoxy) is 2. The SMILES string of the molecule is OC(Cc1ccsc1)c1ccc2c(c1)OCO2. The van der Waals surface area contributed by atoms with E-state index in [2.05, 4.69) is 5.38 Å². The summed E-state index contributed by atoms with van der Waals surface area (Å²) in [6.07, 6.45) is 0.127. The second-order valence-electron chi connectivity index (χ2n) is 3.96. The molecule has 0 bridgehead atoms. The molecule has 0 spiro atoms. The molecule has 1 aromatic heterocycles. The molecule has 0 fully saturated rings. The summed E-state index contributed by atoms with van der Waals surface area (Å²) < 4.78 is 10.5. The van der Waals surface area contributed by atoms with E-state index in [0.29, 0.717) is 12.2 Å². The monoisotopic (exact) mass is 248 g/mol. The van der Waals surface area contributed by atoms with Crippen LogP contribution in [0.3, 0.4) is 0 Å². The Morgan fingerprint density at radius 2 is 2.12 bits per heavy atom. The maximum atomic E-state index is 10.1. The molecule has 1 aliphatic rings. The molecule has 0 amide bonds. The second kappa shape index (κ2) is 4.39. The van der Waals surface area contributed by atoms with Crippen LogP contribution in [0.25, 0.3) is 0 Å². The Morgan fingerprint density at radius 1 is 1.24 bits per heavy atom. The van der Waals surface area contributed by atoms with Crippen molar-refractivity contribution in [3.05, 3.63) is 46.2 Å². The molecular weight excluding hydrogens is 236 g/mol. The van der Waals surface area contributed by atoms with Crippen LogP contribution in [0.5, 0.6) is 11.5 Å². The Labute approximate surface area is 103 Å². The number of rotatable bonds is 3. The largest absolute Gasteiger partial charge is 0.454 e. The van der Waals surface area contributed by atoms with E-state index < -0.39 is 6.10 Å². The van der Waals surface area contributed by atoms with Gasteiger partial charge in [-0.2, -0.15) is 11.3 Å². The highest BCUT2D eigenvalue weighted by Gasteiger charge is 2.16. The lowest BCUT2D eigenvalue weighted by atomic mass is 10.0. The highest BCUT2D eigenvalue weighted by Crippen LogP contribution is 2.34. The predicted molar refractivity (Wildman–Crippen MR) is 65.5 cm³/mol. The molecule has 3 rings (SSSR count). The Morgan fingerprint density at radius 3 is 2.94 bits per heavy atom. The van der Waals surface area contributed by atoms with E-state index in [1.54, 1.807) is 11.3 Å². The van der Waals surface area contributed by atoms with E-state index in [4.69, 9.17) is 9.47 Å². The van der Waals surface area contributed by atoms with Crippen molar-refractivity contribution in [1.82, 2.24) is 0 Å². The molecule has 0 saturated heterocycles. The van der Waals surface area contributed by atoms with Gasteiger partial charge in [0.1, 0.15) is 0 Å². The number of benzene rings is 1. The van der Waals surface area contributed by atoms with E-state index in [9.17, 15) is 5.11 Å². The van der Waals surface area contributed by atoms with Gasteiger partial charge in [-0.25, -0.2) is 0 Å². The summed E-state index contributed by atoms with van der Waals surface area (Å²) in [6, 6.07) is 7.60. The first-order chi connectivity index (χ1) is 8.33. The van der Waals surface area contributed by atoms with Gasteiger partial charge in [-0.3, -0.25) is 0 Å². The van der Waals surface area contributed by atoms with Crippen molar-refractivity contribution in [2.45, 2.75) is 12.5 Å². The van der Waals surface area contributed by atoms with Gasteiger partial charge >= 0.3 is 0 Å². The molecule has 1 N–H and O–H groups in total. The minimum atomic E-state index is -0.501. The first kappa shape index (κ1) is 10.6. The molecule has 1 aromatic carbocycles. The van der Waals surface area contributed by atoms with E-state index in [0.717, 1.165) is 16.9 Å². The Hall–Kier alpha value is -1.52. The summed E-state index contributed by atoms with van der Waals surface area (Å²) in [4.78, 5) is 0. The van der Waals surface area contributed by atoms with Crippen molar-refractivity contribution in [3.63, 3.8) is 0 Å². The van der Waals surface area contributed by atoms with Gasteiger partial charge in [0.2, 0.25) is 6.79 Å². The molecule has 1 atom stereocenters. The quantitative estimate of drug-likeness (QED) is 0.907. The number of aliphatic hydroxyl groups excluding tert-OH is 1. The van der Waals surface area contributed by atoms with Crippen LogP contribution in [0.2, 0.25) is 0 Å². The molecule has 1 unspecified atom stereocenters. The zero-order valence-electron chi connectivity index (χ0n) is 9.13. The second-order valence-corrected chi connectivity index (χ2v) is 4.74. The third kappa shape index (κ3) is 2.14. The van der Waals surface area contributed by atoms with Crippen LogP contribution in [-0.4, -0.2) is 11.9 Å². The minimum Gasteiger partial charge on any atom is -0.454 e. The van der Waals surface area contributed by atoms with Crippen LogP contribution in [-0.2, 0) is 6.42 Å². The van der Waals surface area contributed by atoms with Crippen molar-refractivity contribution in [2.75, 3.05) is 6.79 Å². The molecule has 17 heavy (non-hydrogen) atoms. The van der Waals surface area contributed by atoms with Gasteiger partial charge < -0.3 is 14.6 Å². The van der Waals surface area contributed by atoms with Crippen molar-refractivity contribution >= 4 is 11.3 Å². The molecule has 88 valence electrons. The van der Waals surface area contributed by atoms with Gasteiger partial charge in [-0.1, -0.05) is 6.07 Å². The summed E-state index contributed by atoms with van der Waals surface area (Å²) in [5.41, 5.74) is 2.01. The molecule has 4 heteroatoms. The van der Waals surface area contributed by atoms with Crippen LogP contribution in [0.4, 0.5) is 0 Å². The minimum absolute atomic E-state index is 0.263. The lowest BCUT2D eigenvalue weighted by molar-refractivity contribution is 0.171. The van der Waals surface area contributed by atoms with Crippen LogP contribution < -0.4 is 9.47 Å². The van der Waals surface area contributed by atoms with Crippen LogP contribution >= 0.6 is 11.3 Å². The Balaban J connectivity index is 1.79. The summed E-state index contributed by atoms with van der Waals surface area (Å²) in [7, 11) is 0. The number of hydrogen-bond donors (Lipinski definition) is 1. The van der Waals surface area contributed by atoms with Crippen LogP contribution in [0.15, 0.2) is 35.0 Å². The van der Waals surface area contributed by atoms with Crippen molar-refractivity contribution < 1.29 is 14.6 Å². The smallest absolute Gasteiger partial charge is 0.231 e. The maximum Gasteiger partial charge on any atom is 0.231 e. The zero-order chi connectivity index (χ0) is 11.7. The number of aliphatic hydroxyl groups is 1. The van der Waals surface area contributed by atoms with Gasteiger partial charge in [0, 0.05) is 6.42 Å². The standard InChI is InChI=1S/C13H12O3S/c14-11(5-9-3-4-17-7-9)10-1-2-12-13(6-10)16-8-15-12/h1-4,6-7,11,14H,5,8H2. The van der Waals surface area contributed by atoms with Crippen molar-refractivity contribution in [1.29, 1.82) is 0 Å². The Kier molecular flexibility index (Phi) is 2.74. The number of fused-ring (bicyclic) bond motifs is 1. The molecule has 0 aliphatic carbocycles. The van der Waals surface area contributed by atoms with Gasteiger partial charge in [0.25, 0.3) is 0 Å². The van der Waals surface area contributed by atoms with E-state index in [-0.39, 0.29) is 6.79 Å². The lowest BCUT2D eigenvalue weighted by Crippen LogP contribution is -2.00. The van der Waals surface area contributed by atoms with E-state index in [1.807, 2.05) is 29.6 Å². The van der Waals surface area contributed by atoms with Gasteiger partial charge in [0.15, 0.2) is 11.5 Å². The lowest BCUT2D eigenvalue weighted by Gasteiger charge is -2.10. The van der Waals surface area contributed by atoms with Gasteiger partial charge in [-0.15, -0.1) is 0 Å². The summed E-state index contributed by atoms with van der Waals surface area (Å²) in [6.45, 7) is 0.263. The average Bonchev–Trinajstić information content (AvgIpc) is 2.97. The van der Waals surface area contributed by atoms with Gasteiger partial charge in [0.05, 0.1) is 6.10 Å². The normalized spacial score (nSPS) is 14.9. The summed E-state index contributed by atoms with van der Waals surface area (Å²) in [5, 5.41) is 14.2. The van der Waals surface area contributed by atoms with Crippen molar-refractivity contribution in [2.24, 2.45) is 0 Å². The maximum absolute atomic E-state index is 10.1. The van der Waals surface area contributed by atoms with Crippen LogP contribution in [0.1, 0.15) is 17.2 Å². The predicted octanol–water partition coefficient (Wildman–Crippen LogP) is 2.75. The van der Waals surface area contributed by atoms with Gasteiger partial charge in [-0.05, 0) is 40.1 Å². The first-order valence-corrected chi connectivity index (χ1v) is 6.36. The topological polar surface area (TPSA) is 38.7 Å². The highest BCUT2D eigenvalue weighted by molar-refractivity contribution is 7.07. The first-order valence-electron chi connectivity index (χ1n) is 5.41. The highest BCUT2D eigenvalue weighted by atomic mass is 32.1. The van der Waals surface area contributed by atoms with E-state index in [1.165, 1.54) is 0 Å². The fourth-order valence-electron chi connectivity index (χ4n) is 1.87. The third-order valence-electron chi connectivity index (χ3n) is 2.79. The molecule has 3 nitrogen and oxygen atoms in total. The molecule has 0 radical (unpaired) electrons. The van der Waals surface area contributed by atoms with Crippen molar-refractivity contribution in [3.8, 4) is 11.5 Å². The summed E-state index contributed by atoms with van der Waals surface area (Å²) >= 11 is 1.64. The average molecular weight is 248 g/mol. The molecule has 2 aromatic rings. The molecular formula is C13H12O3S.